The Morgan fingerprint density at radius 1 is 0.857 bits per heavy atom. The van der Waals surface area contributed by atoms with Crippen molar-refractivity contribution in [3.05, 3.63) is 89.2 Å². The maximum Gasteiger partial charge on any atom is 0.243 e. The zero-order valence-electron chi connectivity index (χ0n) is 23.5. The lowest BCUT2D eigenvalue weighted by atomic mass is 10.0. The van der Waals surface area contributed by atoms with Crippen LogP contribution < -0.4 is 10.8 Å². The third-order valence-electron chi connectivity index (χ3n) is 6.98. The molecule has 0 radical (unpaired) electrons. The summed E-state index contributed by atoms with van der Waals surface area (Å²) in [7, 11) is 0. The van der Waals surface area contributed by atoms with Gasteiger partial charge in [-0.05, 0) is 35.6 Å². The van der Waals surface area contributed by atoms with Gasteiger partial charge in [0.1, 0.15) is 0 Å². The minimum atomic E-state index is -0.560. The van der Waals surface area contributed by atoms with Gasteiger partial charge in [-0.15, -0.1) is 0 Å². The van der Waals surface area contributed by atoms with Crippen molar-refractivity contribution in [3.8, 4) is 0 Å². The summed E-state index contributed by atoms with van der Waals surface area (Å²) in [4.78, 5) is 31.9. The third kappa shape index (κ3) is 10.2. The summed E-state index contributed by atoms with van der Waals surface area (Å²) >= 11 is 1.55. The molecule has 1 aliphatic heterocycles. The van der Waals surface area contributed by atoms with Gasteiger partial charge < -0.3 is 19.9 Å². The molecular weight excluding hydrogens is 556 g/mol. The van der Waals surface area contributed by atoms with E-state index >= 15 is 0 Å². The number of amides is 2. The van der Waals surface area contributed by atoms with E-state index in [0.717, 1.165) is 41.5 Å². The molecule has 4 N–H and O–H groups in total. The highest BCUT2D eigenvalue weighted by atomic mass is 32.2. The molecule has 11 heteroatoms. The topological polar surface area (TPSA) is 143 Å². The van der Waals surface area contributed by atoms with Crippen molar-refractivity contribution in [1.29, 1.82) is 0 Å². The van der Waals surface area contributed by atoms with Gasteiger partial charge in [-0.3, -0.25) is 14.8 Å². The Balaban J connectivity index is 1.30. The van der Waals surface area contributed by atoms with Crippen molar-refractivity contribution < 1.29 is 29.4 Å². The zero-order chi connectivity index (χ0) is 29.6. The second-order valence-corrected chi connectivity index (χ2v) is 11.1. The maximum atomic E-state index is 12.3. The molecule has 0 bridgehead atoms. The molecule has 0 saturated carbocycles. The highest BCUT2D eigenvalue weighted by molar-refractivity contribution is 7.99. The molecule has 3 atom stereocenters. The number of thioether (sulfide) groups is 1. The fourth-order valence-corrected chi connectivity index (χ4v) is 5.43. The molecule has 2 aromatic carbocycles. The number of benzene rings is 2. The highest BCUT2D eigenvalue weighted by Crippen LogP contribution is 2.39. The standard InChI is InChI=1S/C31H38N4O6S/c36-20-23-10-12-24(13-11-23)27-18-26(21-42-31-32-16-5-17-33-31)40-30(41-27)25-14-8-22(9-15-25)19-34-28(37)6-3-1-2-4-7-29(38)35-39/h5,8-17,26-27,30,36,39H,1-4,6-7,18-21H2,(H,34,37)(H,35,38)/t26-,27+,30+/m1/s1. The van der Waals surface area contributed by atoms with Crippen LogP contribution in [0.3, 0.4) is 0 Å². The number of aliphatic hydroxyl groups is 1. The number of carbonyl (C=O) groups is 2. The minimum absolute atomic E-state index is 0.00588. The summed E-state index contributed by atoms with van der Waals surface area (Å²) in [6.45, 7) is 0.423. The lowest BCUT2D eigenvalue weighted by molar-refractivity contribution is -0.245. The summed E-state index contributed by atoms with van der Waals surface area (Å²) in [5.74, 6) is 0.284. The largest absolute Gasteiger partial charge is 0.392 e. The first-order valence-electron chi connectivity index (χ1n) is 14.2. The molecule has 1 saturated heterocycles. The van der Waals surface area contributed by atoms with E-state index in [1.54, 1.807) is 35.7 Å². The minimum Gasteiger partial charge on any atom is -0.392 e. The Hall–Kier alpha value is -3.35. The van der Waals surface area contributed by atoms with Crippen LogP contribution in [0.5, 0.6) is 0 Å². The molecule has 0 spiro atoms. The van der Waals surface area contributed by atoms with Crippen LogP contribution in [0.25, 0.3) is 0 Å². The van der Waals surface area contributed by atoms with Gasteiger partial charge in [0.25, 0.3) is 0 Å². The third-order valence-corrected chi connectivity index (χ3v) is 7.99. The smallest absolute Gasteiger partial charge is 0.243 e. The summed E-state index contributed by atoms with van der Waals surface area (Å²) < 4.78 is 12.8. The molecule has 4 rings (SSSR count). The van der Waals surface area contributed by atoms with E-state index in [4.69, 9.17) is 14.7 Å². The summed E-state index contributed by atoms with van der Waals surface area (Å²) in [6.07, 6.45) is 7.15. The van der Waals surface area contributed by atoms with Crippen LogP contribution in [0.15, 0.2) is 72.1 Å². The number of rotatable bonds is 15. The number of nitrogens with zero attached hydrogens (tertiary/aromatic N) is 2. The number of carbonyl (C=O) groups excluding carboxylic acids is 2. The predicted molar refractivity (Wildman–Crippen MR) is 157 cm³/mol. The highest BCUT2D eigenvalue weighted by Gasteiger charge is 2.32. The van der Waals surface area contributed by atoms with E-state index in [1.807, 2.05) is 48.5 Å². The Kier molecular flexibility index (Phi) is 12.7. The van der Waals surface area contributed by atoms with Crippen molar-refractivity contribution in [2.75, 3.05) is 5.75 Å². The van der Waals surface area contributed by atoms with E-state index < -0.39 is 6.29 Å². The fraction of sp³-hybridized carbons (Fsp3) is 0.419. The van der Waals surface area contributed by atoms with Crippen LogP contribution in [0.4, 0.5) is 0 Å². The fourth-order valence-electron chi connectivity index (χ4n) is 4.61. The van der Waals surface area contributed by atoms with Gasteiger partial charge in [0.15, 0.2) is 11.4 Å². The monoisotopic (exact) mass is 594 g/mol. The number of hydroxylamine groups is 1. The summed E-state index contributed by atoms with van der Waals surface area (Å²) in [5.41, 5.74) is 5.37. The number of ether oxygens (including phenoxy) is 2. The van der Waals surface area contributed by atoms with Crippen LogP contribution in [0.2, 0.25) is 0 Å². The maximum absolute atomic E-state index is 12.3. The van der Waals surface area contributed by atoms with E-state index in [1.165, 1.54) is 0 Å². The first kappa shape index (κ1) is 31.6. The normalized spacial score (nSPS) is 18.4. The van der Waals surface area contributed by atoms with Crippen LogP contribution in [0, 0.1) is 0 Å². The lowest BCUT2D eigenvalue weighted by Gasteiger charge is -2.36. The molecule has 0 aliphatic carbocycles. The van der Waals surface area contributed by atoms with Crippen LogP contribution >= 0.6 is 11.8 Å². The molecule has 0 unspecified atom stereocenters. The number of unbranched alkanes of at least 4 members (excludes halogenated alkanes) is 3. The molecule has 2 heterocycles. The molecule has 2 amide bonds. The van der Waals surface area contributed by atoms with Gasteiger partial charge in [0.05, 0.1) is 18.8 Å². The average Bonchev–Trinajstić information content (AvgIpc) is 3.04. The second kappa shape index (κ2) is 16.9. The molecule has 1 fully saturated rings. The number of hydrogen-bond donors (Lipinski definition) is 4. The van der Waals surface area contributed by atoms with E-state index in [2.05, 4.69) is 15.3 Å². The molecule has 224 valence electrons. The Labute approximate surface area is 250 Å². The SMILES string of the molecule is O=C(CCCCCCC(=O)NCc1ccc([C@H]2O[C@@H](CSc3ncccn3)C[C@@H](c3ccc(CO)cc3)O2)cc1)NO. The predicted octanol–water partition coefficient (Wildman–Crippen LogP) is 4.77. The molecule has 1 aromatic heterocycles. The lowest BCUT2D eigenvalue weighted by Crippen LogP contribution is -2.31. The quantitative estimate of drug-likeness (QED) is 0.0643. The van der Waals surface area contributed by atoms with E-state index in [0.29, 0.717) is 36.7 Å². The number of hydrogen-bond acceptors (Lipinski definition) is 9. The molecule has 42 heavy (non-hydrogen) atoms. The van der Waals surface area contributed by atoms with Gasteiger partial charge in [-0.1, -0.05) is 73.1 Å². The zero-order valence-corrected chi connectivity index (χ0v) is 24.3. The van der Waals surface area contributed by atoms with Gasteiger partial charge >= 0.3 is 0 Å². The first-order valence-corrected chi connectivity index (χ1v) is 15.2. The van der Waals surface area contributed by atoms with Gasteiger partial charge in [-0.2, -0.15) is 0 Å². The number of nitrogens with one attached hydrogen (secondary N) is 2. The number of aliphatic hydroxyl groups excluding tert-OH is 1. The van der Waals surface area contributed by atoms with Crippen molar-refractivity contribution in [1.82, 2.24) is 20.8 Å². The summed E-state index contributed by atoms with van der Waals surface area (Å²) in [6, 6.07) is 17.5. The second-order valence-electron chi connectivity index (χ2n) is 10.2. The Morgan fingerprint density at radius 3 is 2.17 bits per heavy atom. The molecule has 10 nitrogen and oxygen atoms in total. The van der Waals surface area contributed by atoms with Crippen molar-refractivity contribution >= 4 is 23.6 Å². The van der Waals surface area contributed by atoms with Gasteiger partial charge in [0, 0.05) is 49.5 Å². The van der Waals surface area contributed by atoms with Crippen LogP contribution in [0.1, 0.15) is 79.6 Å². The Bertz CT molecular complexity index is 1250. The van der Waals surface area contributed by atoms with Gasteiger partial charge in [-0.25, -0.2) is 15.4 Å². The Morgan fingerprint density at radius 2 is 1.50 bits per heavy atom. The molecular formula is C31H38N4O6S. The average molecular weight is 595 g/mol. The van der Waals surface area contributed by atoms with Crippen LogP contribution in [-0.2, 0) is 32.2 Å². The number of aromatic nitrogens is 2. The van der Waals surface area contributed by atoms with E-state index in [9.17, 15) is 14.7 Å². The van der Waals surface area contributed by atoms with Gasteiger partial charge in [0.2, 0.25) is 11.8 Å². The first-order chi connectivity index (χ1) is 20.5. The summed E-state index contributed by atoms with van der Waals surface area (Å²) in [5, 5.41) is 21.6. The van der Waals surface area contributed by atoms with Crippen molar-refractivity contribution in [3.63, 3.8) is 0 Å². The molecule has 3 aromatic rings. The van der Waals surface area contributed by atoms with Crippen molar-refractivity contribution in [2.24, 2.45) is 0 Å². The van der Waals surface area contributed by atoms with E-state index in [-0.39, 0.29) is 37.0 Å². The molecule has 1 aliphatic rings. The van der Waals surface area contributed by atoms with Crippen LogP contribution in [-0.4, -0.2) is 44.0 Å². The van der Waals surface area contributed by atoms with Crippen molar-refractivity contribution in [2.45, 2.75) is 81.8 Å².